The normalized spacial score (nSPS) is 22.3. The molecule has 8 heteroatoms. The fourth-order valence-electron chi connectivity index (χ4n) is 2.76. The van der Waals surface area contributed by atoms with Gasteiger partial charge < -0.3 is 25.5 Å². The highest BCUT2D eigenvalue weighted by atomic mass is 16.6. The van der Waals surface area contributed by atoms with E-state index < -0.39 is 4.92 Å². The van der Waals surface area contributed by atoms with Gasteiger partial charge in [-0.2, -0.15) is 0 Å². The van der Waals surface area contributed by atoms with Crippen molar-refractivity contribution < 1.29 is 14.5 Å². The quantitative estimate of drug-likeness (QED) is 0.644. The molecule has 21 heavy (non-hydrogen) atoms. The van der Waals surface area contributed by atoms with Crippen LogP contribution in [0.4, 0.5) is 5.82 Å². The molecule has 2 unspecified atom stereocenters. The number of ether oxygens (including phenoxy) is 1. The van der Waals surface area contributed by atoms with Crippen molar-refractivity contribution in [1.29, 1.82) is 0 Å². The molecule has 1 aromatic rings. The van der Waals surface area contributed by atoms with Gasteiger partial charge in [-0.25, -0.2) is 4.57 Å². The highest BCUT2D eigenvalue weighted by Crippen LogP contribution is 2.23. The number of nitro groups is 1. The van der Waals surface area contributed by atoms with Gasteiger partial charge in [0.05, 0.1) is 13.2 Å². The molecular formula is C13H20N4O4. The van der Waals surface area contributed by atoms with Gasteiger partial charge in [0.2, 0.25) is 0 Å². The SMILES string of the molecule is COC1CCN(C(=O)c2ccc([N+](=O)[O-])n2C)C(CN)C1. The Labute approximate surface area is 122 Å². The minimum atomic E-state index is -0.506. The predicted octanol–water partition coefficient (Wildman–Crippen LogP) is 0.512. The number of hydrogen-bond acceptors (Lipinski definition) is 5. The van der Waals surface area contributed by atoms with Gasteiger partial charge in [0.1, 0.15) is 0 Å². The molecule has 0 saturated carbocycles. The zero-order valence-electron chi connectivity index (χ0n) is 12.2. The Kier molecular flexibility index (Phi) is 4.59. The van der Waals surface area contributed by atoms with Crippen molar-refractivity contribution in [2.75, 3.05) is 20.2 Å². The molecule has 0 radical (unpaired) electrons. The van der Waals surface area contributed by atoms with Crippen LogP contribution in [0.2, 0.25) is 0 Å². The lowest BCUT2D eigenvalue weighted by Crippen LogP contribution is -2.51. The first-order valence-electron chi connectivity index (χ1n) is 6.83. The highest BCUT2D eigenvalue weighted by Gasteiger charge is 2.34. The smallest absolute Gasteiger partial charge is 0.323 e. The van der Waals surface area contributed by atoms with E-state index in [0.29, 0.717) is 25.2 Å². The zero-order chi connectivity index (χ0) is 15.6. The lowest BCUT2D eigenvalue weighted by atomic mass is 9.99. The molecule has 0 aromatic carbocycles. The Morgan fingerprint density at radius 2 is 2.29 bits per heavy atom. The molecular weight excluding hydrogens is 276 g/mol. The first kappa shape index (κ1) is 15.5. The van der Waals surface area contributed by atoms with Crippen molar-refractivity contribution >= 4 is 11.7 Å². The van der Waals surface area contributed by atoms with Gasteiger partial charge in [-0.1, -0.05) is 0 Å². The van der Waals surface area contributed by atoms with Crippen molar-refractivity contribution in [3.63, 3.8) is 0 Å². The van der Waals surface area contributed by atoms with Crippen LogP contribution in [0.1, 0.15) is 23.3 Å². The van der Waals surface area contributed by atoms with Gasteiger partial charge in [-0.15, -0.1) is 0 Å². The van der Waals surface area contributed by atoms with Crippen LogP contribution in [0, 0.1) is 10.1 Å². The Morgan fingerprint density at radius 3 is 2.81 bits per heavy atom. The number of rotatable bonds is 4. The molecule has 2 rings (SSSR count). The van der Waals surface area contributed by atoms with Crippen LogP contribution in [0.5, 0.6) is 0 Å². The largest absolute Gasteiger partial charge is 0.381 e. The van der Waals surface area contributed by atoms with Crippen LogP contribution < -0.4 is 5.73 Å². The van der Waals surface area contributed by atoms with Crippen molar-refractivity contribution in [2.45, 2.75) is 25.0 Å². The number of likely N-dealkylation sites (tertiary alicyclic amines) is 1. The molecule has 1 fully saturated rings. The summed E-state index contributed by atoms with van der Waals surface area (Å²) in [5, 5.41) is 10.9. The minimum absolute atomic E-state index is 0.102. The molecule has 0 aliphatic carbocycles. The van der Waals surface area contributed by atoms with Crippen LogP contribution in [0.25, 0.3) is 0 Å². The average Bonchev–Trinajstić information content (AvgIpc) is 2.87. The summed E-state index contributed by atoms with van der Waals surface area (Å²) in [5.41, 5.74) is 6.06. The fourth-order valence-corrected chi connectivity index (χ4v) is 2.76. The van der Waals surface area contributed by atoms with Crippen LogP contribution in [0.15, 0.2) is 12.1 Å². The maximum absolute atomic E-state index is 12.6. The maximum atomic E-state index is 12.6. The molecule has 1 aliphatic heterocycles. The Hall–Kier alpha value is -1.93. The second-order valence-electron chi connectivity index (χ2n) is 5.16. The summed E-state index contributed by atoms with van der Waals surface area (Å²) in [4.78, 5) is 24.6. The van der Waals surface area contributed by atoms with Gasteiger partial charge >= 0.3 is 5.82 Å². The van der Waals surface area contributed by atoms with Gasteiger partial charge in [-0.05, 0) is 23.8 Å². The summed E-state index contributed by atoms with van der Waals surface area (Å²) in [6.07, 6.45) is 1.53. The van der Waals surface area contributed by atoms with E-state index in [-0.39, 0.29) is 23.9 Å². The number of carbonyl (C=O) groups is 1. The van der Waals surface area contributed by atoms with E-state index in [1.54, 1.807) is 12.0 Å². The molecule has 1 saturated heterocycles. The van der Waals surface area contributed by atoms with E-state index >= 15 is 0 Å². The van der Waals surface area contributed by atoms with E-state index in [0.717, 1.165) is 6.42 Å². The van der Waals surface area contributed by atoms with Crippen LogP contribution in [-0.4, -0.2) is 52.6 Å². The molecule has 1 aliphatic rings. The number of aromatic nitrogens is 1. The average molecular weight is 296 g/mol. The number of nitrogens with two attached hydrogens (primary N) is 1. The predicted molar refractivity (Wildman–Crippen MR) is 76.0 cm³/mol. The number of hydrogen-bond donors (Lipinski definition) is 1. The van der Waals surface area contributed by atoms with Crippen LogP contribution in [0.3, 0.4) is 0 Å². The lowest BCUT2D eigenvalue weighted by Gasteiger charge is -2.38. The first-order chi connectivity index (χ1) is 9.99. The maximum Gasteiger partial charge on any atom is 0.323 e. The third-order valence-electron chi connectivity index (χ3n) is 4.04. The summed E-state index contributed by atoms with van der Waals surface area (Å²) in [6, 6.07) is 2.72. The van der Waals surface area contributed by atoms with Gasteiger partial charge in [0.15, 0.2) is 5.69 Å². The molecule has 116 valence electrons. The number of nitrogens with zero attached hydrogens (tertiary/aromatic N) is 3. The monoisotopic (exact) mass is 296 g/mol. The topological polar surface area (TPSA) is 104 Å². The standard InChI is InChI=1S/C13H20N4O4/c1-15-11(3-4-12(15)17(19)20)13(18)16-6-5-10(21-2)7-9(16)8-14/h3-4,9-10H,5-8,14H2,1-2H3. The molecule has 0 spiro atoms. The molecule has 0 bridgehead atoms. The van der Waals surface area contributed by atoms with Crippen LogP contribution in [-0.2, 0) is 11.8 Å². The minimum Gasteiger partial charge on any atom is -0.381 e. The van der Waals surface area contributed by atoms with Gasteiger partial charge in [0.25, 0.3) is 5.91 Å². The van der Waals surface area contributed by atoms with Crippen molar-refractivity contribution in [3.8, 4) is 0 Å². The summed E-state index contributed by atoms with van der Waals surface area (Å²) in [7, 11) is 3.17. The van der Waals surface area contributed by atoms with Gasteiger partial charge in [0, 0.05) is 32.3 Å². The van der Waals surface area contributed by atoms with Crippen molar-refractivity contribution in [3.05, 3.63) is 27.9 Å². The van der Waals surface area contributed by atoms with Crippen LogP contribution >= 0.6 is 0 Å². The summed E-state index contributed by atoms with van der Waals surface area (Å²) in [6.45, 7) is 0.885. The highest BCUT2D eigenvalue weighted by molar-refractivity contribution is 5.93. The van der Waals surface area contributed by atoms with Crippen molar-refractivity contribution in [1.82, 2.24) is 9.47 Å². The third-order valence-corrected chi connectivity index (χ3v) is 4.04. The van der Waals surface area contributed by atoms with Gasteiger partial charge in [-0.3, -0.25) is 4.79 Å². The Bertz CT molecular complexity index is 542. The fraction of sp³-hybridized carbons (Fsp3) is 0.615. The molecule has 2 atom stereocenters. The number of carbonyl (C=O) groups excluding carboxylic acids is 1. The summed E-state index contributed by atoms with van der Waals surface area (Å²) in [5.74, 6) is -0.329. The summed E-state index contributed by atoms with van der Waals surface area (Å²) < 4.78 is 6.63. The second kappa shape index (κ2) is 6.23. The molecule has 8 nitrogen and oxygen atoms in total. The molecule has 2 heterocycles. The van der Waals surface area contributed by atoms with Crippen molar-refractivity contribution in [2.24, 2.45) is 12.8 Å². The molecule has 1 aromatic heterocycles. The lowest BCUT2D eigenvalue weighted by molar-refractivity contribution is -0.391. The number of amides is 1. The summed E-state index contributed by atoms with van der Waals surface area (Å²) >= 11 is 0. The molecule has 1 amide bonds. The van der Waals surface area contributed by atoms with E-state index in [9.17, 15) is 14.9 Å². The first-order valence-corrected chi connectivity index (χ1v) is 6.83. The third kappa shape index (κ3) is 2.91. The molecule has 2 N–H and O–H groups in total. The van der Waals surface area contributed by atoms with E-state index in [2.05, 4.69) is 0 Å². The number of methoxy groups -OCH3 is 1. The Balaban J connectivity index is 2.21. The van der Waals surface area contributed by atoms with E-state index in [1.165, 1.54) is 23.7 Å². The van der Waals surface area contributed by atoms with E-state index in [1.807, 2.05) is 0 Å². The Morgan fingerprint density at radius 1 is 1.57 bits per heavy atom. The zero-order valence-corrected chi connectivity index (χ0v) is 12.2. The number of piperidine rings is 1. The van der Waals surface area contributed by atoms with E-state index in [4.69, 9.17) is 10.5 Å². The second-order valence-corrected chi connectivity index (χ2v) is 5.16.